The summed E-state index contributed by atoms with van der Waals surface area (Å²) < 4.78 is 5.73. The lowest BCUT2D eigenvalue weighted by Crippen LogP contribution is -2.12. The van der Waals surface area contributed by atoms with Gasteiger partial charge in [0, 0.05) is 12.0 Å². The standard InChI is InChI=1S/C15H15NOS/c16-15(18)10-11-17-14-9-5-4-8-13(14)12-6-2-1-3-7-12/h1-9H,10-11H2,(H2,16,18). The molecule has 0 unspecified atom stereocenters. The molecule has 3 heteroatoms. The molecule has 0 heterocycles. The zero-order valence-corrected chi connectivity index (χ0v) is 10.8. The van der Waals surface area contributed by atoms with Crippen LogP contribution < -0.4 is 10.5 Å². The van der Waals surface area contributed by atoms with Gasteiger partial charge in [-0.05, 0) is 11.6 Å². The summed E-state index contributed by atoms with van der Waals surface area (Å²) in [6.07, 6.45) is 0.596. The first-order valence-corrected chi connectivity index (χ1v) is 6.24. The van der Waals surface area contributed by atoms with E-state index in [1.165, 1.54) is 0 Å². The fourth-order valence-electron chi connectivity index (χ4n) is 1.71. The summed E-state index contributed by atoms with van der Waals surface area (Å²) in [6, 6.07) is 18.1. The van der Waals surface area contributed by atoms with Crippen molar-refractivity contribution in [3.8, 4) is 16.9 Å². The minimum absolute atomic E-state index is 0.479. The Morgan fingerprint density at radius 3 is 2.39 bits per heavy atom. The molecular weight excluding hydrogens is 242 g/mol. The summed E-state index contributed by atoms with van der Waals surface area (Å²) >= 11 is 4.84. The molecule has 0 aliphatic heterocycles. The first-order chi connectivity index (χ1) is 8.77. The molecule has 2 aromatic rings. The number of benzene rings is 2. The first-order valence-electron chi connectivity index (χ1n) is 5.83. The van der Waals surface area contributed by atoms with Crippen LogP contribution in [0.5, 0.6) is 5.75 Å². The second kappa shape index (κ2) is 6.17. The highest BCUT2D eigenvalue weighted by Crippen LogP contribution is 2.29. The summed E-state index contributed by atoms with van der Waals surface area (Å²) in [7, 11) is 0. The molecule has 2 rings (SSSR count). The fraction of sp³-hybridized carbons (Fsp3) is 0.133. The van der Waals surface area contributed by atoms with Crippen molar-refractivity contribution in [3.63, 3.8) is 0 Å². The molecule has 0 spiro atoms. The number of ether oxygens (including phenoxy) is 1. The van der Waals surface area contributed by atoms with E-state index in [0.717, 1.165) is 16.9 Å². The third kappa shape index (κ3) is 3.31. The van der Waals surface area contributed by atoms with Crippen molar-refractivity contribution in [2.24, 2.45) is 5.73 Å². The lowest BCUT2D eigenvalue weighted by molar-refractivity contribution is 0.331. The Labute approximate surface area is 112 Å². The van der Waals surface area contributed by atoms with Gasteiger partial charge in [0.2, 0.25) is 0 Å². The summed E-state index contributed by atoms with van der Waals surface area (Å²) in [4.78, 5) is 0.479. The van der Waals surface area contributed by atoms with Gasteiger partial charge in [-0.1, -0.05) is 60.7 Å². The molecule has 0 aromatic heterocycles. The molecule has 0 fully saturated rings. The first kappa shape index (κ1) is 12.6. The Morgan fingerprint density at radius 1 is 1.00 bits per heavy atom. The molecule has 0 amide bonds. The Bertz CT molecular complexity index is 525. The van der Waals surface area contributed by atoms with Crippen LogP contribution >= 0.6 is 12.2 Å². The van der Waals surface area contributed by atoms with E-state index in [0.29, 0.717) is 18.0 Å². The third-order valence-corrected chi connectivity index (χ3v) is 2.78. The quantitative estimate of drug-likeness (QED) is 0.834. The van der Waals surface area contributed by atoms with Gasteiger partial charge in [0.25, 0.3) is 0 Å². The van der Waals surface area contributed by atoms with E-state index in [-0.39, 0.29) is 0 Å². The molecular formula is C15H15NOS. The van der Waals surface area contributed by atoms with E-state index in [1.54, 1.807) is 0 Å². The summed E-state index contributed by atoms with van der Waals surface area (Å²) in [5.41, 5.74) is 7.68. The zero-order valence-electron chi connectivity index (χ0n) is 10.0. The molecule has 2 N–H and O–H groups in total. The van der Waals surface area contributed by atoms with Gasteiger partial charge in [-0.3, -0.25) is 0 Å². The molecule has 0 aliphatic rings. The number of rotatable bonds is 5. The molecule has 0 saturated carbocycles. The lowest BCUT2D eigenvalue weighted by atomic mass is 10.1. The molecule has 2 aromatic carbocycles. The third-order valence-electron chi connectivity index (χ3n) is 2.58. The van der Waals surface area contributed by atoms with Gasteiger partial charge in [0.15, 0.2) is 0 Å². The van der Waals surface area contributed by atoms with Crippen LogP contribution in [-0.4, -0.2) is 11.6 Å². The molecule has 0 atom stereocenters. The molecule has 2 nitrogen and oxygen atoms in total. The molecule has 92 valence electrons. The highest BCUT2D eigenvalue weighted by atomic mass is 32.1. The van der Waals surface area contributed by atoms with Gasteiger partial charge in [0.05, 0.1) is 11.6 Å². The van der Waals surface area contributed by atoms with Gasteiger partial charge in [-0.25, -0.2) is 0 Å². The van der Waals surface area contributed by atoms with E-state index >= 15 is 0 Å². The van der Waals surface area contributed by atoms with Crippen LogP contribution in [-0.2, 0) is 0 Å². The predicted molar refractivity (Wildman–Crippen MR) is 78.8 cm³/mol. The summed E-state index contributed by atoms with van der Waals surface area (Å²) in [6.45, 7) is 0.513. The molecule has 0 saturated heterocycles. The highest BCUT2D eigenvalue weighted by Gasteiger charge is 2.04. The Balaban J connectivity index is 2.18. The van der Waals surface area contributed by atoms with Crippen LogP contribution in [0.4, 0.5) is 0 Å². The van der Waals surface area contributed by atoms with Gasteiger partial charge in [-0.2, -0.15) is 0 Å². The second-order valence-electron chi connectivity index (χ2n) is 3.93. The minimum atomic E-state index is 0.479. The van der Waals surface area contributed by atoms with Crippen LogP contribution in [0.1, 0.15) is 6.42 Å². The van der Waals surface area contributed by atoms with Crippen LogP contribution in [0.3, 0.4) is 0 Å². The molecule has 18 heavy (non-hydrogen) atoms. The van der Waals surface area contributed by atoms with Crippen LogP contribution in [0.2, 0.25) is 0 Å². The zero-order chi connectivity index (χ0) is 12.8. The number of hydrogen-bond donors (Lipinski definition) is 1. The van der Waals surface area contributed by atoms with Crippen LogP contribution in [0.25, 0.3) is 11.1 Å². The topological polar surface area (TPSA) is 35.2 Å². The van der Waals surface area contributed by atoms with Gasteiger partial charge in [-0.15, -0.1) is 0 Å². The summed E-state index contributed by atoms with van der Waals surface area (Å²) in [5.74, 6) is 0.861. The Morgan fingerprint density at radius 2 is 1.67 bits per heavy atom. The monoisotopic (exact) mass is 257 g/mol. The Hall–Kier alpha value is -1.87. The average Bonchev–Trinajstić information content (AvgIpc) is 2.40. The number of para-hydroxylation sites is 1. The van der Waals surface area contributed by atoms with Gasteiger partial charge >= 0.3 is 0 Å². The normalized spacial score (nSPS) is 10.0. The minimum Gasteiger partial charge on any atom is -0.493 e. The van der Waals surface area contributed by atoms with Crippen LogP contribution in [0.15, 0.2) is 54.6 Å². The fourth-order valence-corrected chi connectivity index (χ4v) is 1.79. The highest BCUT2D eigenvalue weighted by molar-refractivity contribution is 7.80. The predicted octanol–water partition coefficient (Wildman–Crippen LogP) is 3.41. The number of thiocarbonyl (C=S) groups is 1. The average molecular weight is 257 g/mol. The SMILES string of the molecule is NC(=S)CCOc1ccccc1-c1ccccc1. The molecule has 0 bridgehead atoms. The van der Waals surface area contributed by atoms with E-state index < -0.39 is 0 Å². The van der Waals surface area contributed by atoms with Crippen LogP contribution in [0, 0.1) is 0 Å². The van der Waals surface area contributed by atoms with Gasteiger partial charge in [0.1, 0.15) is 5.75 Å². The second-order valence-corrected chi connectivity index (χ2v) is 4.45. The van der Waals surface area contributed by atoms with Crippen molar-refractivity contribution < 1.29 is 4.74 Å². The van der Waals surface area contributed by atoms with E-state index in [1.807, 2.05) is 42.5 Å². The van der Waals surface area contributed by atoms with Crippen molar-refractivity contribution in [2.45, 2.75) is 6.42 Å². The van der Waals surface area contributed by atoms with Gasteiger partial charge < -0.3 is 10.5 Å². The molecule has 0 aliphatic carbocycles. The maximum Gasteiger partial charge on any atom is 0.127 e. The van der Waals surface area contributed by atoms with Crippen molar-refractivity contribution >= 4 is 17.2 Å². The largest absolute Gasteiger partial charge is 0.493 e. The van der Waals surface area contributed by atoms with Crippen molar-refractivity contribution in [3.05, 3.63) is 54.6 Å². The lowest BCUT2D eigenvalue weighted by Gasteiger charge is -2.11. The maximum atomic E-state index is 5.73. The van der Waals surface area contributed by atoms with E-state index in [2.05, 4.69) is 12.1 Å². The van der Waals surface area contributed by atoms with E-state index in [4.69, 9.17) is 22.7 Å². The van der Waals surface area contributed by atoms with E-state index in [9.17, 15) is 0 Å². The number of nitrogens with two attached hydrogens (primary N) is 1. The van der Waals surface area contributed by atoms with Crippen molar-refractivity contribution in [2.75, 3.05) is 6.61 Å². The smallest absolute Gasteiger partial charge is 0.127 e. The summed E-state index contributed by atoms with van der Waals surface area (Å²) in [5, 5.41) is 0. The van der Waals surface area contributed by atoms with Crippen molar-refractivity contribution in [1.82, 2.24) is 0 Å². The Kier molecular flexibility index (Phi) is 4.31. The molecule has 0 radical (unpaired) electrons. The maximum absolute atomic E-state index is 5.73. The number of hydrogen-bond acceptors (Lipinski definition) is 2. The van der Waals surface area contributed by atoms with Crippen molar-refractivity contribution in [1.29, 1.82) is 0 Å².